The van der Waals surface area contributed by atoms with E-state index in [0.29, 0.717) is 6.42 Å². The summed E-state index contributed by atoms with van der Waals surface area (Å²) in [4.78, 5) is 0. The molecule has 1 aliphatic carbocycles. The molecule has 0 heterocycles. The van der Waals surface area contributed by atoms with Crippen molar-refractivity contribution in [2.45, 2.75) is 31.3 Å². The minimum Gasteiger partial charge on any atom is -0.384 e. The van der Waals surface area contributed by atoms with Crippen LogP contribution in [0.5, 0.6) is 0 Å². The number of benzene rings is 2. The maximum Gasteiger partial charge on any atom is 0.103 e. The molecule has 0 saturated carbocycles. The van der Waals surface area contributed by atoms with E-state index in [1.165, 1.54) is 11.1 Å². The summed E-state index contributed by atoms with van der Waals surface area (Å²) < 4.78 is 0. The highest BCUT2D eigenvalue weighted by atomic mass is 16.3. The van der Waals surface area contributed by atoms with Crippen LogP contribution in [0.4, 0.5) is 0 Å². The molecule has 1 aliphatic rings. The van der Waals surface area contributed by atoms with Crippen LogP contribution in [0, 0.1) is 0 Å². The van der Waals surface area contributed by atoms with Crippen molar-refractivity contribution in [1.29, 1.82) is 0 Å². The maximum atomic E-state index is 11.2. The Morgan fingerprint density at radius 2 is 1.50 bits per heavy atom. The maximum absolute atomic E-state index is 11.2. The molecular formula is C17H18O. The molecule has 0 saturated heterocycles. The average molecular weight is 238 g/mol. The molecule has 0 fully saturated rings. The minimum absolute atomic E-state index is 0.259. The van der Waals surface area contributed by atoms with E-state index in [1.807, 2.05) is 36.4 Å². The third kappa shape index (κ3) is 1.37. The molecule has 0 radical (unpaired) electrons. The second kappa shape index (κ2) is 3.69. The van der Waals surface area contributed by atoms with Crippen LogP contribution in [0.3, 0.4) is 0 Å². The van der Waals surface area contributed by atoms with Gasteiger partial charge in [0, 0.05) is 11.8 Å². The van der Waals surface area contributed by atoms with Crippen molar-refractivity contribution in [1.82, 2.24) is 0 Å². The summed E-state index contributed by atoms with van der Waals surface area (Å²) in [6, 6.07) is 18.4. The Bertz CT molecular complexity index is 571. The lowest BCUT2D eigenvalue weighted by molar-refractivity contribution is -0.0178. The van der Waals surface area contributed by atoms with E-state index in [4.69, 9.17) is 0 Å². The first kappa shape index (κ1) is 11.5. The largest absolute Gasteiger partial charge is 0.384 e. The van der Waals surface area contributed by atoms with Crippen LogP contribution in [-0.2, 0) is 17.4 Å². The first-order valence-electron chi connectivity index (χ1n) is 6.42. The van der Waals surface area contributed by atoms with Gasteiger partial charge in [-0.05, 0) is 16.7 Å². The van der Waals surface area contributed by atoms with Crippen LogP contribution in [0.2, 0.25) is 0 Å². The summed E-state index contributed by atoms with van der Waals surface area (Å²) in [5, 5.41) is 11.2. The lowest BCUT2D eigenvalue weighted by Crippen LogP contribution is -2.42. The second-order valence-corrected chi connectivity index (χ2v) is 5.69. The van der Waals surface area contributed by atoms with Crippen LogP contribution in [0.1, 0.15) is 30.5 Å². The van der Waals surface area contributed by atoms with Crippen LogP contribution < -0.4 is 0 Å². The molecule has 2 aromatic rings. The fourth-order valence-electron chi connectivity index (χ4n) is 3.18. The Hall–Kier alpha value is -1.60. The topological polar surface area (TPSA) is 20.2 Å². The molecule has 1 N–H and O–H groups in total. The Morgan fingerprint density at radius 1 is 0.889 bits per heavy atom. The van der Waals surface area contributed by atoms with Crippen molar-refractivity contribution < 1.29 is 5.11 Å². The fourth-order valence-corrected chi connectivity index (χ4v) is 3.18. The molecule has 0 spiro atoms. The third-order valence-electron chi connectivity index (χ3n) is 4.42. The van der Waals surface area contributed by atoms with Gasteiger partial charge in [0.1, 0.15) is 5.60 Å². The molecule has 1 heteroatoms. The molecule has 0 aliphatic heterocycles. The van der Waals surface area contributed by atoms with Gasteiger partial charge in [-0.3, -0.25) is 0 Å². The lowest BCUT2D eigenvalue weighted by atomic mass is 9.71. The Morgan fingerprint density at radius 3 is 2.17 bits per heavy atom. The summed E-state index contributed by atoms with van der Waals surface area (Å²) in [5.41, 5.74) is 2.46. The highest BCUT2D eigenvalue weighted by Gasteiger charge is 2.51. The van der Waals surface area contributed by atoms with E-state index in [-0.39, 0.29) is 5.41 Å². The van der Waals surface area contributed by atoms with E-state index in [0.717, 1.165) is 5.56 Å². The first-order chi connectivity index (χ1) is 8.56. The summed E-state index contributed by atoms with van der Waals surface area (Å²) >= 11 is 0. The summed E-state index contributed by atoms with van der Waals surface area (Å²) in [5.74, 6) is 0. The van der Waals surface area contributed by atoms with E-state index in [1.54, 1.807) is 0 Å². The smallest absolute Gasteiger partial charge is 0.103 e. The van der Waals surface area contributed by atoms with Crippen molar-refractivity contribution in [3.8, 4) is 0 Å². The van der Waals surface area contributed by atoms with Crippen LogP contribution in [-0.4, -0.2) is 5.11 Å². The van der Waals surface area contributed by atoms with Gasteiger partial charge in [0.15, 0.2) is 0 Å². The van der Waals surface area contributed by atoms with E-state index < -0.39 is 5.60 Å². The monoisotopic (exact) mass is 238 g/mol. The standard InChI is InChI=1S/C17H18O/c1-16(2)15-11-7-6-8-13(15)12-17(16,18)14-9-4-3-5-10-14/h3-11,18H,12H2,1-2H3/t17-/m0/s1. The summed E-state index contributed by atoms with van der Waals surface area (Å²) in [7, 11) is 0. The zero-order valence-electron chi connectivity index (χ0n) is 10.9. The molecule has 92 valence electrons. The van der Waals surface area contributed by atoms with E-state index in [2.05, 4.69) is 32.0 Å². The molecule has 2 aromatic carbocycles. The van der Waals surface area contributed by atoms with E-state index in [9.17, 15) is 5.11 Å². The number of rotatable bonds is 1. The molecule has 1 atom stereocenters. The van der Waals surface area contributed by atoms with Crippen LogP contribution in [0.15, 0.2) is 54.6 Å². The number of hydrogen-bond acceptors (Lipinski definition) is 1. The van der Waals surface area contributed by atoms with Gasteiger partial charge in [0.2, 0.25) is 0 Å². The second-order valence-electron chi connectivity index (χ2n) is 5.69. The van der Waals surface area contributed by atoms with Gasteiger partial charge in [-0.15, -0.1) is 0 Å². The van der Waals surface area contributed by atoms with Gasteiger partial charge < -0.3 is 5.11 Å². The number of aliphatic hydroxyl groups is 1. The van der Waals surface area contributed by atoms with Gasteiger partial charge in [-0.25, -0.2) is 0 Å². The zero-order valence-corrected chi connectivity index (χ0v) is 10.9. The fraction of sp³-hybridized carbons (Fsp3) is 0.294. The zero-order chi connectivity index (χ0) is 12.8. The Balaban J connectivity index is 2.18. The molecular weight excluding hydrogens is 220 g/mol. The van der Waals surface area contributed by atoms with Crippen LogP contribution in [0.25, 0.3) is 0 Å². The molecule has 0 amide bonds. The van der Waals surface area contributed by atoms with Crippen LogP contribution >= 0.6 is 0 Å². The average Bonchev–Trinajstić information content (AvgIpc) is 2.60. The Labute approximate surface area is 108 Å². The molecule has 0 bridgehead atoms. The van der Waals surface area contributed by atoms with E-state index >= 15 is 0 Å². The highest BCUT2D eigenvalue weighted by Crippen LogP contribution is 2.51. The van der Waals surface area contributed by atoms with Gasteiger partial charge in [-0.2, -0.15) is 0 Å². The SMILES string of the molecule is CC1(C)c2ccccc2C[C@]1(O)c1ccccc1. The normalized spacial score (nSPS) is 24.8. The van der Waals surface area contributed by atoms with Crippen molar-refractivity contribution in [3.05, 3.63) is 71.3 Å². The summed E-state index contributed by atoms with van der Waals surface area (Å²) in [6.45, 7) is 4.26. The first-order valence-corrected chi connectivity index (χ1v) is 6.42. The predicted octanol–water partition coefficient (Wildman–Crippen LogP) is 3.41. The van der Waals surface area contributed by atoms with Gasteiger partial charge in [0.05, 0.1) is 0 Å². The third-order valence-corrected chi connectivity index (χ3v) is 4.42. The molecule has 0 unspecified atom stereocenters. The van der Waals surface area contributed by atoms with Crippen molar-refractivity contribution in [3.63, 3.8) is 0 Å². The summed E-state index contributed by atoms with van der Waals surface area (Å²) in [6.07, 6.45) is 0.695. The number of hydrogen-bond donors (Lipinski definition) is 1. The Kier molecular flexibility index (Phi) is 2.36. The highest BCUT2D eigenvalue weighted by molar-refractivity contribution is 5.47. The van der Waals surface area contributed by atoms with Crippen molar-refractivity contribution in [2.24, 2.45) is 0 Å². The minimum atomic E-state index is -0.808. The van der Waals surface area contributed by atoms with Crippen molar-refractivity contribution >= 4 is 0 Å². The van der Waals surface area contributed by atoms with Gasteiger partial charge in [-0.1, -0.05) is 68.4 Å². The lowest BCUT2D eigenvalue weighted by Gasteiger charge is -2.38. The predicted molar refractivity (Wildman–Crippen MR) is 73.5 cm³/mol. The van der Waals surface area contributed by atoms with Gasteiger partial charge in [0.25, 0.3) is 0 Å². The quantitative estimate of drug-likeness (QED) is 0.807. The van der Waals surface area contributed by atoms with Crippen molar-refractivity contribution in [2.75, 3.05) is 0 Å². The molecule has 0 aromatic heterocycles. The number of fused-ring (bicyclic) bond motifs is 1. The van der Waals surface area contributed by atoms with Gasteiger partial charge >= 0.3 is 0 Å². The molecule has 1 nitrogen and oxygen atoms in total. The molecule has 18 heavy (non-hydrogen) atoms. The molecule has 3 rings (SSSR count).